The largest absolute Gasteiger partial charge is 0.248 e. The zero-order chi connectivity index (χ0) is 14.8. The number of aromatic nitrogens is 1. The van der Waals surface area contributed by atoms with Crippen LogP contribution in [0, 0.1) is 0 Å². The SMILES string of the molecule is c1ccc(-c2ccc3cc(C4CCCCC4)ccc3n2)cc1. The molecule has 110 valence electrons. The van der Waals surface area contributed by atoms with Gasteiger partial charge in [0.1, 0.15) is 0 Å². The van der Waals surface area contributed by atoms with E-state index in [-0.39, 0.29) is 0 Å². The molecule has 1 nitrogen and oxygen atoms in total. The number of pyridine rings is 1. The highest BCUT2D eigenvalue weighted by molar-refractivity contribution is 5.82. The van der Waals surface area contributed by atoms with E-state index in [4.69, 9.17) is 4.98 Å². The lowest BCUT2D eigenvalue weighted by Crippen LogP contribution is -2.04. The second-order valence-corrected chi connectivity index (χ2v) is 6.35. The van der Waals surface area contributed by atoms with Gasteiger partial charge in [-0.3, -0.25) is 0 Å². The Morgan fingerprint density at radius 2 is 1.59 bits per heavy atom. The zero-order valence-electron chi connectivity index (χ0n) is 12.8. The summed E-state index contributed by atoms with van der Waals surface area (Å²) in [5.74, 6) is 0.756. The van der Waals surface area contributed by atoms with Crippen LogP contribution in [0.2, 0.25) is 0 Å². The molecule has 0 atom stereocenters. The van der Waals surface area contributed by atoms with Crippen molar-refractivity contribution in [1.29, 1.82) is 0 Å². The van der Waals surface area contributed by atoms with Crippen LogP contribution in [0.5, 0.6) is 0 Å². The average Bonchev–Trinajstić information content (AvgIpc) is 2.62. The van der Waals surface area contributed by atoms with Crippen molar-refractivity contribution in [2.75, 3.05) is 0 Å². The van der Waals surface area contributed by atoms with Crippen LogP contribution in [-0.4, -0.2) is 4.98 Å². The number of hydrogen-bond donors (Lipinski definition) is 0. The van der Waals surface area contributed by atoms with Crippen LogP contribution in [0.4, 0.5) is 0 Å². The number of nitrogens with zero attached hydrogens (tertiary/aromatic N) is 1. The molecule has 2 aromatic carbocycles. The highest BCUT2D eigenvalue weighted by Gasteiger charge is 2.15. The summed E-state index contributed by atoms with van der Waals surface area (Å²) < 4.78 is 0. The van der Waals surface area contributed by atoms with E-state index >= 15 is 0 Å². The van der Waals surface area contributed by atoms with E-state index < -0.39 is 0 Å². The third-order valence-corrected chi connectivity index (χ3v) is 4.86. The molecule has 22 heavy (non-hydrogen) atoms. The summed E-state index contributed by atoms with van der Waals surface area (Å²) in [4.78, 5) is 4.83. The monoisotopic (exact) mass is 287 g/mol. The molecule has 1 heteroatoms. The Morgan fingerprint density at radius 3 is 2.41 bits per heavy atom. The van der Waals surface area contributed by atoms with E-state index in [1.54, 1.807) is 0 Å². The van der Waals surface area contributed by atoms with Gasteiger partial charge < -0.3 is 0 Å². The van der Waals surface area contributed by atoms with Crippen LogP contribution >= 0.6 is 0 Å². The normalized spacial score (nSPS) is 16.0. The number of fused-ring (bicyclic) bond motifs is 1. The van der Waals surface area contributed by atoms with Crippen LogP contribution in [-0.2, 0) is 0 Å². The predicted octanol–water partition coefficient (Wildman–Crippen LogP) is 5.95. The van der Waals surface area contributed by atoms with Gasteiger partial charge in [0, 0.05) is 10.9 Å². The van der Waals surface area contributed by atoms with Crippen molar-refractivity contribution in [2.24, 2.45) is 0 Å². The standard InChI is InChI=1S/C21H21N/c1-3-7-16(8-4-1)18-11-13-21-19(15-18)12-14-20(22-21)17-9-5-2-6-10-17/h2,5-6,9-16H,1,3-4,7-8H2. The Hall–Kier alpha value is -2.15. The minimum absolute atomic E-state index is 0.756. The van der Waals surface area contributed by atoms with Gasteiger partial charge in [0.05, 0.1) is 11.2 Å². The highest BCUT2D eigenvalue weighted by Crippen LogP contribution is 2.34. The quantitative estimate of drug-likeness (QED) is 0.567. The molecule has 1 saturated carbocycles. The fourth-order valence-electron chi connectivity index (χ4n) is 3.60. The molecular weight excluding hydrogens is 266 g/mol. The van der Waals surface area contributed by atoms with Crippen molar-refractivity contribution in [1.82, 2.24) is 4.98 Å². The van der Waals surface area contributed by atoms with Crippen LogP contribution in [0.25, 0.3) is 22.2 Å². The van der Waals surface area contributed by atoms with Crippen molar-refractivity contribution in [3.63, 3.8) is 0 Å². The van der Waals surface area contributed by atoms with Crippen LogP contribution in [0.15, 0.2) is 60.7 Å². The van der Waals surface area contributed by atoms with Gasteiger partial charge in [-0.15, -0.1) is 0 Å². The lowest BCUT2D eigenvalue weighted by Gasteiger charge is -2.22. The van der Waals surface area contributed by atoms with Gasteiger partial charge in [0.15, 0.2) is 0 Å². The maximum Gasteiger partial charge on any atom is 0.0709 e. The van der Waals surface area contributed by atoms with Gasteiger partial charge in [-0.25, -0.2) is 4.98 Å². The third-order valence-electron chi connectivity index (χ3n) is 4.86. The molecule has 1 aliphatic rings. The summed E-state index contributed by atoms with van der Waals surface area (Å²) in [6.07, 6.45) is 6.87. The van der Waals surface area contributed by atoms with Gasteiger partial charge in [0.25, 0.3) is 0 Å². The molecule has 4 rings (SSSR count). The minimum Gasteiger partial charge on any atom is -0.248 e. The average molecular weight is 287 g/mol. The summed E-state index contributed by atoms with van der Waals surface area (Å²) in [5.41, 5.74) is 4.83. The van der Waals surface area contributed by atoms with E-state index in [0.717, 1.165) is 17.1 Å². The predicted molar refractivity (Wildman–Crippen MR) is 93.0 cm³/mol. The molecule has 1 aromatic heterocycles. The third kappa shape index (κ3) is 2.64. The summed E-state index contributed by atoms with van der Waals surface area (Å²) in [7, 11) is 0. The molecule has 1 heterocycles. The molecule has 0 spiro atoms. The highest BCUT2D eigenvalue weighted by atomic mass is 14.7. The Kier molecular flexibility index (Phi) is 3.64. The Labute approximate surface area is 132 Å². The number of hydrogen-bond acceptors (Lipinski definition) is 1. The van der Waals surface area contributed by atoms with Crippen molar-refractivity contribution in [2.45, 2.75) is 38.0 Å². The molecule has 0 radical (unpaired) electrons. The van der Waals surface area contributed by atoms with Crippen molar-refractivity contribution < 1.29 is 0 Å². The lowest BCUT2D eigenvalue weighted by molar-refractivity contribution is 0.444. The van der Waals surface area contributed by atoms with E-state index in [1.165, 1.54) is 48.6 Å². The van der Waals surface area contributed by atoms with E-state index in [0.29, 0.717) is 0 Å². The molecule has 3 aromatic rings. The molecule has 0 unspecified atom stereocenters. The zero-order valence-corrected chi connectivity index (χ0v) is 12.8. The first-order valence-corrected chi connectivity index (χ1v) is 8.36. The first kappa shape index (κ1) is 13.5. The summed E-state index contributed by atoms with van der Waals surface area (Å²) >= 11 is 0. The lowest BCUT2D eigenvalue weighted by atomic mass is 9.84. The number of rotatable bonds is 2. The van der Waals surface area contributed by atoms with Crippen molar-refractivity contribution in [3.05, 3.63) is 66.2 Å². The fraction of sp³-hybridized carbons (Fsp3) is 0.286. The first-order valence-electron chi connectivity index (χ1n) is 8.36. The molecule has 0 aliphatic heterocycles. The topological polar surface area (TPSA) is 12.9 Å². The van der Waals surface area contributed by atoms with Crippen molar-refractivity contribution in [3.8, 4) is 11.3 Å². The summed E-state index contributed by atoms with van der Waals surface area (Å²) in [5, 5.41) is 1.27. The van der Waals surface area contributed by atoms with Gasteiger partial charge in [-0.1, -0.05) is 61.7 Å². The maximum atomic E-state index is 4.83. The van der Waals surface area contributed by atoms with Gasteiger partial charge in [-0.2, -0.15) is 0 Å². The van der Waals surface area contributed by atoms with Gasteiger partial charge in [-0.05, 0) is 42.5 Å². The van der Waals surface area contributed by atoms with Crippen LogP contribution in [0.3, 0.4) is 0 Å². The molecular formula is C21H21N. The van der Waals surface area contributed by atoms with Gasteiger partial charge in [0.2, 0.25) is 0 Å². The fourth-order valence-corrected chi connectivity index (χ4v) is 3.60. The smallest absolute Gasteiger partial charge is 0.0709 e. The Balaban J connectivity index is 1.70. The maximum absolute atomic E-state index is 4.83. The van der Waals surface area contributed by atoms with Crippen molar-refractivity contribution >= 4 is 10.9 Å². The second kappa shape index (κ2) is 5.92. The van der Waals surface area contributed by atoms with E-state index in [9.17, 15) is 0 Å². The van der Waals surface area contributed by atoms with Crippen LogP contribution < -0.4 is 0 Å². The van der Waals surface area contributed by atoms with E-state index in [1.807, 2.05) is 6.07 Å². The minimum atomic E-state index is 0.756. The molecule has 0 amide bonds. The first-order chi connectivity index (χ1) is 10.9. The molecule has 0 saturated heterocycles. The molecule has 1 aliphatic carbocycles. The van der Waals surface area contributed by atoms with Gasteiger partial charge >= 0.3 is 0 Å². The Bertz CT molecular complexity index is 770. The summed E-state index contributed by atoms with van der Waals surface area (Å²) in [6, 6.07) is 21.6. The summed E-state index contributed by atoms with van der Waals surface area (Å²) in [6.45, 7) is 0. The number of benzene rings is 2. The van der Waals surface area contributed by atoms with E-state index in [2.05, 4.69) is 54.6 Å². The Morgan fingerprint density at radius 1 is 0.773 bits per heavy atom. The second-order valence-electron chi connectivity index (χ2n) is 6.35. The molecule has 1 fully saturated rings. The molecule has 0 N–H and O–H groups in total. The van der Waals surface area contributed by atoms with Crippen LogP contribution in [0.1, 0.15) is 43.6 Å². The molecule has 0 bridgehead atoms.